The van der Waals surface area contributed by atoms with E-state index in [0.717, 1.165) is 12.8 Å². The maximum atomic E-state index is 11.6. The lowest BCUT2D eigenvalue weighted by Gasteiger charge is -2.26. The zero-order valence-electron chi connectivity index (χ0n) is 15.0. The Balaban J connectivity index is 1.77. The molecule has 1 aliphatic rings. The molecule has 1 heterocycles. The quantitative estimate of drug-likeness (QED) is 0.611. The number of nitrogens with zero attached hydrogens (tertiary/aromatic N) is 2. The van der Waals surface area contributed by atoms with E-state index in [1.54, 1.807) is 6.20 Å². The van der Waals surface area contributed by atoms with Crippen LogP contribution < -0.4 is 0 Å². The predicted molar refractivity (Wildman–Crippen MR) is 90.4 cm³/mol. The molecule has 6 heteroatoms. The third-order valence-corrected chi connectivity index (χ3v) is 4.23. The van der Waals surface area contributed by atoms with Gasteiger partial charge in [-0.25, -0.2) is 9.78 Å². The molecule has 1 atom stereocenters. The Morgan fingerprint density at radius 1 is 1.38 bits per heavy atom. The van der Waals surface area contributed by atoms with Crippen molar-refractivity contribution >= 4 is 5.97 Å². The largest absolute Gasteiger partial charge is 0.458 e. The van der Waals surface area contributed by atoms with E-state index in [9.17, 15) is 9.90 Å². The fourth-order valence-electron chi connectivity index (χ4n) is 3.13. The normalized spacial score (nSPS) is 17.7. The molecule has 1 aromatic heterocycles. The summed E-state index contributed by atoms with van der Waals surface area (Å²) in [5.74, 6) is 0.626. The van der Waals surface area contributed by atoms with Gasteiger partial charge in [0.2, 0.25) is 0 Å². The number of carbonyl (C=O) groups is 1. The molecule has 2 rings (SSSR count). The van der Waals surface area contributed by atoms with E-state index < -0.39 is 11.7 Å². The van der Waals surface area contributed by atoms with Crippen LogP contribution >= 0.6 is 0 Å². The van der Waals surface area contributed by atoms with Gasteiger partial charge in [0.1, 0.15) is 24.1 Å². The summed E-state index contributed by atoms with van der Waals surface area (Å²) < 4.78 is 12.5. The van der Waals surface area contributed by atoms with Gasteiger partial charge in [-0.3, -0.25) is 0 Å². The van der Waals surface area contributed by atoms with Crippen LogP contribution in [0, 0.1) is 5.92 Å². The van der Waals surface area contributed by atoms with Crippen LogP contribution in [-0.4, -0.2) is 39.4 Å². The van der Waals surface area contributed by atoms with Crippen LogP contribution in [0.2, 0.25) is 0 Å². The molecule has 1 N–H and O–H groups in total. The van der Waals surface area contributed by atoms with Crippen LogP contribution in [0.4, 0.5) is 0 Å². The third-order valence-electron chi connectivity index (χ3n) is 4.23. The molecule has 1 aromatic rings. The first-order valence-electron chi connectivity index (χ1n) is 8.85. The Morgan fingerprint density at radius 2 is 2.08 bits per heavy atom. The SMILES string of the molecule is CC(C)(C)OC(=O)COCCn1ccnc1C(O)C1CCCCC1. The summed E-state index contributed by atoms with van der Waals surface area (Å²) in [6.45, 7) is 6.36. The molecule has 24 heavy (non-hydrogen) atoms. The number of imidazole rings is 1. The molecule has 0 bridgehead atoms. The van der Waals surface area contributed by atoms with E-state index in [2.05, 4.69) is 4.98 Å². The first kappa shape index (κ1) is 18.9. The van der Waals surface area contributed by atoms with Gasteiger partial charge in [0.15, 0.2) is 0 Å². The van der Waals surface area contributed by atoms with E-state index in [4.69, 9.17) is 9.47 Å². The molecule has 1 aliphatic carbocycles. The molecule has 0 amide bonds. The minimum atomic E-state index is -0.522. The highest BCUT2D eigenvalue weighted by Gasteiger charge is 2.26. The van der Waals surface area contributed by atoms with E-state index in [1.165, 1.54) is 19.3 Å². The van der Waals surface area contributed by atoms with Gasteiger partial charge in [-0.1, -0.05) is 19.3 Å². The second-order valence-electron chi connectivity index (χ2n) is 7.46. The lowest BCUT2D eigenvalue weighted by molar-refractivity contribution is -0.160. The summed E-state index contributed by atoms with van der Waals surface area (Å²) in [7, 11) is 0. The second kappa shape index (κ2) is 8.62. The van der Waals surface area contributed by atoms with Crippen LogP contribution in [0.3, 0.4) is 0 Å². The van der Waals surface area contributed by atoms with Crippen molar-refractivity contribution in [2.45, 2.75) is 71.1 Å². The highest BCUT2D eigenvalue weighted by molar-refractivity contribution is 5.71. The van der Waals surface area contributed by atoms with E-state index in [1.807, 2.05) is 31.5 Å². The molecular weight excluding hydrogens is 308 g/mol. The zero-order valence-corrected chi connectivity index (χ0v) is 15.0. The zero-order chi connectivity index (χ0) is 17.6. The number of hydrogen-bond acceptors (Lipinski definition) is 5. The van der Waals surface area contributed by atoms with Gasteiger partial charge < -0.3 is 19.1 Å². The summed E-state index contributed by atoms with van der Waals surface area (Å²) in [6.07, 6.45) is 8.77. The molecule has 0 saturated heterocycles. The van der Waals surface area contributed by atoms with E-state index in [0.29, 0.717) is 24.9 Å². The van der Waals surface area contributed by atoms with E-state index >= 15 is 0 Å². The second-order valence-corrected chi connectivity index (χ2v) is 7.46. The Morgan fingerprint density at radius 3 is 2.75 bits per heavy atom. The third kappa shape index (κ3) is 5.91. The molecule has 1 saturated carbocycles. The molecular formula is C18H30N2O4. The van der Waals surface area contributed by atoms with Crippen molar-refractivity contribution in [1.82, 2.24) is 9.55 Å². The van der Waals surface area contributed by atoms with Gasteiger partial charge >= 0.3 is 5.97 Å². The first-order chi connectivity index (χ1) is 11.4. The van der Waals surface area contributed by atoms with Crippen molar-refractivity contribution < 1.29 is 19.4 Å². The van der Waals surface area contributed by atoms with Crippen molar-refractivity contribution in [1.29, 1.82) is 0 Å². The Labute approximate surface area is 144 Å². The number of aromatic nitrogens is 2. The number of rotatable bonds is 7. The lowest BCUT2D eigenvalue weighted by atomic mass is 9.85. The average Bonchev–Trinajstić information content (AvgIpc) is 2.98. The molecule has 136 valence electrons. The summed E-state index contributed by atoms with van der Waals surface area (Å²) in [5, 5.41) is 10.6. The average molecular weight is 338 g/mol. The van der Waals surface area contributed by atoms with Gasteiger partial charge in [-0.2, -0.15) is 0 Å². The predicted octanol–water partition coefficient (Wildman–Crippen LogP) is 2.86. The number of ether oxygens (including phenoxy) is 2. The number of esters is 1. The summed E-state index contributed by atoms with van der Waals surface area (Å²) in [4.78, 5) is 15.9. The minimum absolute atomic E-state index is 0.0630. The first-order valence-corrected chi connectivity index (χ1v) is 8.85. The molecule has 1 unspecified atom stereocenters. The van der Waals surface area contributed by atoms with Gasteiger partial charge in [0.25, 0.3) is 0 Å². The minimum Gasteiger partial charge on any atom is -0.458 e. The number of aliphatic hydroxyl groups is 1. The lowest BCUT2D eigenvalue weighted by Crippen LogP contribution is -2.27. The molecule has 0 spiro atoms. The van der Waals surface area contributed by atoms with Gasteiger partial charge in [-0.05, 0) is 39.5 Å². The summed E-state index contributed by atoms with van der Waals surface area (Å²) in [5.41, 5.74) is -0.498. The van der Waals surface area contributed by atoms with Gasteiger partial charge in [-0.15, -0.1) is 0 Å². The maximum Gasteiger partial charge on any atom is 0.332 e. The molecule has 0 radical (unpaired) electrons. The van der Waals surface area contributed by atoms with Crippen LogP contribution in [0.5, 0.6) is 0 Å². The fraction of sp³-hybridized carbons (Fsp3) is 0.778. The van der Waals surface area contributed by atoms with Crippen LogP contribution in [0.15, 0.2) is 12.4 Å². The summed E-state index contributed by atoms with van der Waals surface area (Å²) in [6, 6.07) is 0. The molecule has 0 aliphatic heterocycles. The number of carbonyl (C=O) groups excluding carboxylic acids is 1. The standard InChI is InChI=1S/C18H30N2O4/c1-18(2,3)24-15(21)13-23-12-11-20-10-9-19-17(20)16(22)14-7-5-4-6-8-14/h9-10,14,16,22H,4-8,11-13H2,1-3H3. The fourth-order valence-corrected chi connectivity index (χ4v) is 3.13. The van der Waals surface area contributed by atoms with Crippen molar-refractivity contribution in [3.63, 3.8) is 0 Å². The van der Waals surface area contributed by atoms with Crippen LogP contribution in [-0.2, 0) is 20.8 Å². The van der Waals surface area contributed by atoms with Crippen LogP contribution in [0.25, 0.3) is 0 Å². The highest BCUT2D eigenvalue weighted by Crippen LogP contribution is 2.33. The number of hydrogen-bond donors (Lipinski definition) is 1. The smallest absolute Gasteiger partial charge is 0.332 e. The summed E-state index contributed by atoms with van der Waals surface area (Å²) >= 11 is 0. The maximum absolute atomic E-state index is 11.6. The Kier molecular flexibility index (Phi) is 6.80. The van der Waals surface area contributed by atoms with Gasteiger partial charge in [0.05, 0.1) is 6.61 Å². The van der Waals surface area contributed by atoms with Crippen molar-refractivity contribution in [2.75, 3.05) is 13.2 Å². The topological polar surface area (TPSA) is 73.6 Å². The Bertz CT molecular complexity index is 515. The van der Waals surface area contributed by atoms with Crippen molar-refractivity contribution in [3.8, 4) is 0 Å². The van der Waals surface area contributed by atoms with Crippen molar-refractivity contribution in [2.24, 2.45) is 5.92 Å². The highest BCUT2D eigenvalue weighted by atomic mass is 16.6. The molecule has 0 aromatic carbocycles. The molecule has 1 fully saturated rings. The monoisotopic (exact) mass is 338 g/mol. The van der Waals surface area contributed by atoms with Crippen molar-refractivity contribution in [3.05, 3.63) is 18.2 Å². The number of aliphatic hydroxyl groups excluding tert-OH is 1. The Hall–Kier alpha value is -1.40. The van der Waals surface area contributed by atoms with Crippen LogP contribution in [0.1, 0.15) is 64.8 Å². The van der Waals surface area contributed by atoms with Gasteiger partial charge in [0, 0.05) is 18.9 Å². The van der Waals surface area contributed by atoms with E-state index in [-0.39, 0.29) is 12.6 Å². The molecule has 6 nitrogen and oxygen atoms in total.